The summed E-state index contributed by atoms with van der Waals surface area (Å²) in [5, 5.41) is 12.7. The summed E-state index contributed by atoms with van der Waals surface area (Å²) in [6.07, 6.45) is 0.942. The first-order chi connectivity index (χ1) is 11.7. The van der Waals surface area contributed by atoms with Crippen LogP contribution in [-0.4, -0.2) is 35.2 Å². The van der Waals surface area contributed by atoms with Crippen molar-refractivity contribution in [1.82, 2.24) is 15.5 Å². The number of thiophene rings is 2. The quantitative estimate of drug-likeness (QED) is 0.750. The van der Waals surface area contributed by atoms with Gasteiger partial charge in [-0.1, -0.05) is 6.07 Å². The molecule has 1 amide bonds. The summed E-state index contributed by atoms with van der Waals surface area (Å²) in [4.78, 5) is 17.6. The lowest BCUT2D eigenvalue weighted by Gasteiger charge is -2.15. The second-order valence-electron chi connectivity index (χ2n) is 5.93. The van der Waals surface area contributed by atoms with Crippen LogP contribution >= 0.6 is 22.7 Å². The number of hydrogen-bond donors (Lipinski definition) is 2. The summed E-state index contributed by atoms with van der Waals surface area (Å²) in [5.41, 5.74) is 1.04. The average molecular weight is 358 g/mol. The molecule has 0 radical (unpaired) electrons. The summed E-state index contributed by atoms with van der Waals surface area (Å²) in [7, 11) is 0. The third-order valence-corrected chi connectivity index (χ3v) is 6.07. The Morgan fingerprint density at radius 2 is 2.33 bits per heavy atom. The van der Waals surface area contributed by atoms with Crippen molar-refractivity contribution in [2.24, 2.45) is 0 Å². The Hall–Kier alpha value is -2.12. The zero-order chi connectivity index (χ0) is 16.5. The van der Waals surface area contributed by atoms with E-state index in [1.807, 2.05) is 25.1 Å². The van der Waals surface area contributed by atoms with Gasteiger partial charge in [-0.2, -0.15) is 5.10 Å². The maximum atomic E-state index is 12.3. The van der Waals surface area contributed by atoms with Crippen LogP contribution in [0.5, 0.6) is 0 Å². The van der Waals surface area contributed by atoms with Crippen molar-refractivity contribution in [3.05, 3.63) is 45.5 Å². The van der Waals surface area contributed by atoms with E-state index in [4.69, 9.17) is 0 Å². The zero-order valence-electron chi connectivity index (χ0n) is 13.3. The molecule has 124 valence electrons. The highest BCUT2D eigenvalue weighted by Gasteiger charge is 2.26. The van der Waals surface area contributed by atoms with Crippen molar-refractivity contribution in [2.75, 3.05) is 18.0 Å². The van der Waals surface area contributed by atoms with E-state index in [0.29, 0.717) is 0 Å². The second-order valence-corrected chi connectivity index (χ2v) is 8.17. The number of aryl methyl sites for hydroxylation is 1. The summed E-state index contributed by atoms with van der Waals surface area (Å²) in [6, 6.07) is 10.2. The van der Waals surface area contributed by atoms with Crippen molar-refractivity contribution < 1.29 is 4.79 Å². The number of aromatic amines is 1. The van der Waals surface area contributed by atoms with E-state index in [1.54, 1.807) is 11.3 Å². The highest BCUT2D eigenvalue weighted by Crippen LogP contribution is 2.27. The molecule has 0 spiro atoms. The molecule has 1 saturated heterocycles. The van der Waals surface area contributed by atoms with Gasteiger partial charge in [-0.25, -0.2) is 0 Å². The molecule has 1 aliphatic rings. The molecule has 1 unspecified atom stereocenters. The largest absolute Gasteiger partial charge is 0.353 e. The number of carbonyl (C=O) groups excluding carboxylic acids is 1. The van der Waals surface area contributed by atoms with Gasteiger partial charge in [0.05, 0.1) is 15.4 Å². The van der Waals surface area contributed by atoms with Crippen LogP contribution in [0.15, 0.2) is 35.7 Å². The fraction of sp³-hybridized carbons (Fsp3) is 0.294. The number of nitrogens with zero attached hydrogens (tertiary/aromatic N) is 2. The number of carbonyl (C=O) groups is 1. The molecule has 0 bridgehead atoms. The number of amides is 1. The monoisotopic (exact) mass is 358 g/mol. The molecule has 1 fully saturated rings. The van der Waals surface area contributed by atoms with Gasteiger partial charge in [0.15, 0.2) is 5.82 Å². The molecule has 0 aromatic carbocycles. The van der Waals surface area contributed by atoms with Crippen LogP contribution in [0.2, 0.25) is 0 Å². The molecule has 2 N–H and O–H groups in total. The van der Waals surface area contributed by atoms with Gasteiger partial charge in [0.25, 0.3) is 5.91 Å². The second kappa shape index (κ2) is 6.41. The van der Waals surface area contributed by atoms with Crippen molar-refractivity contribution >= 4 is 34.4 Å². The van der Waals surface area contributed by atoms with Crippen LogP contribution in [0, 0.1) is 6.92 Å². The topological polar surface area (TPSA) is 61.0 Å². The summed E-state index contributed by atoms with van der Waals surface area (Å²) < 4.78 is 0. The lowest BCUT2D eigenvalue weighted by molar-refractivity contribution is 0.0944. The van der Waals surface area contributed by atoms with Crippen LogP contribution in [0.3, 0.4) is 0 Å². The number of nitrogens with one attached hydrogen (secondary N) is 2. The molecule has 5 nitrogen and oxygen atoms in total. The molecular weight excluding hydrogens is 340 g/mol. The minimum atomic E-state index is 0.0289. The number of hydrogen-bond acceptors (Lipinski definition) is 5. The first kappa shape index (κ1) is 15.4. The molecule has 1 aliphatic heterocycles. The van der Waals surface area contributed by atoms with Gasteiger partial charge in [0, 0.05) is 30.1 Å². The maximum absolute atomic E-state index is 12.3. The van der Waals surface area contributed by atoms with Gasteiger partial charge in [-0.15, -0.1) is 22.7 Å². The van der Waals surface area contributed by atoms with Crippen molar-refractivity contribution in [1.29, 1.82) is 0 Å². The first-order valence-electron chi connectivity index (χ1n) is 7.90. The van der Waals surface area contributed by atoms with Crippen LogP contribution in [0.1, 0.15) is 21.0 Å². The van der Waals surface area contributed by atoms with E-state index in [-0.39, 0.29) is 11.9 Å². The molecule has 24 heavy (non-hydrogen) atoms. The molecule has 0 aliphatic carbocycles. The Bertz CT molecular complexity index is 837. The normalized spacial score (nSPS) is 17.4. The highest BCUT2D eigenvalue weighted by atomic mass is 32.1. The smallest absolute Gasteiger partial charge is 0.261 e. The lowest BCUT2D eigenvalue weighted by Crippen LogP contribution is -2.36. The van der Waals surface area contributed by atoms with Crippen LogP contribution in [-0.2, 0) is 0 Å². The highest BCUT2D eigenvalue weighted by molar-refractivity contribution is 7.14. The number of anilines is 1. The molecular formula is C17H18N4OS2. The van der Waals surface area contributed by atoms with E-state index < -0.39 is 0 Å². The molecule has 3 aromatic heterocycles. The summed E-state index contributed by atoms with van der Waals surface area (Å²) >= 11 is 3.23. The van der Waals surface area contributed by atoms with Crippen molar-refractivity contribution in [3.8, 4) is 10.6 Å². The van der Waals surface area contributed by atoms with Crippen molar-refractivity contribution in [3.63, 3.8) is 0 Å². The lowest BCUT2D eigenvalue weighted by atomic mass is 10.2. The average Bonchev–Trinajstić information content (AvgIpc) is 3.34. The van der Waals surface area contributed by atoms with Gasteiger partial charge >= 0.3 is 0 Å². The standard InChI is InChI=1S/C17H18N4OS2/c1-11-4-5-15(24-11)17(22)18-12-6-7-21(10-12)16-9-13(19-20-16)14-3-2-8-23-14/h2-5,8-9,12H,6-7,10H2,1H3,(H,18,22)(H,19,20). The van der Waals surface area contributed by atoms with Crippen LogP contribution in [0.4, 0.5) is 5.82 Å². The fourth-order valence-electron chi connectivity index (χ4n) is 2.93. The molecule has 4 rings (SSSR count). The Balaban J connectivity index is 1.39. The van der Waals surface area contributed by atoms with E-state index in [0.717, 1.165) is 40.8 Å². The minimum Gasteiger partial charge on any atom is -0.353 e. The summed E-state index contributed by atoms with van der Waals surface area (Å²) in [6.45, 7) is 3.72. The van der Waals surface area contributed by atoms with Crippen LogP contribution < -0.4 is 10.2 Å². The van der Waals surface area contributed by atoms with E-state index in [1.165, 1.54) is 16.2 Å². The number of aromatic nitrogens is 2. The molecule has 4 heterocycles. The predicted octanol–water partition coefficient (Wildman–Crippen LogP) is 3.52. The Morgan fingerprint density at radius 3 is 3.08 bits per heavy atom. The molecule has 7 heteroatoms. The van der Waals surface area contributed by atoms with E-state index in [2.05, 4.69) is 37.9 Å². The predicted molar refractivity (Wildman–Crippen MR) is 99.0 cm³/mol. The first-order valence-corrected chi connectivity index (χ1v) is 9.60. The summed E-state index contributed by atoms with van der Waals surface area (Å²) in [5.74, 6) is 0.975. The van der Waals surface area contributed by atoms with Gasteiger partial charge in [0.1, 0.15) is 0 Å². The minimum absolute atomic E-state index is 0.0289. The molecule has 3 aromatic rings. The van der Waals surface area contributed by atoms with Gasteiger partial charge < -0.3 is 10.2 Å². The van der Waals surface area contributed by atoms with E-state index >= 15 is 0 Å². The maximum Gasteiger partial charge on any atom is 0.261 e. The third kappa shape index (κ3) is 3.09. The molecule has 1 atom stereocenters. The third-order valence-electron chi connectivity index (χ3n) is 4.16. The van der Waals surface area contributed by atoms with Gasteiger partial charge in [-0.05, 0) is 36.9 Å². The van der Waals surface area contributed by atoms with Crippen molar-refractivity contribution in [2.45, 2.75) is 19.4 Å². The van der Waals surface area contributed by atoms with Crippen LogP contribution in [0.25, 0.3) is 10.6 Å². The molecule has 0 saturated carbocycles. The number of H-pyrrole nitrogens is 1. The Kier molecular flexibility index (Phi) is 4.12. The fourth-order valence-corrected chi connectivity index (χ4v) is 4.39. The zero-order valence-corrected chi connectivity index (χ0v) is 14.9. The van der Waals surface area contributed by atoms with E-state index in [9.17, 15) is 4.79 Å². The van der Waals surface area contributed by atoms with Gasteiger partial charge in [-0.3, -0.25) is 9.89 Å². The SMILES string of the molecule is Cc1ccc(C(=O)NC2CCN(c3cc(-c4cccs4)[nH]n3)C2)s1. The number of rotatable bonds is 4. The Labute approximate surface area is 148 Å². The Morgan fingerprint density at radius 1 is 1.42 bits per heavy atom. The van der Waals surface area contributed by atoms with Gasteiger partial charge in [0.2, 0.25) is 0 Å².